The Hall–Kier alpha value is 0.540. The standard InChI is InChI=1S/C4H9N.CH2Cl2/c1-4(2)3-5-4;2-1-3/h5H,3H2,1-2H3;1H2. The fourth-order valence-corrected chi connectivity index (χ4v) is 0.177. The monoisotopic (exact) mass is 155 g/mol. The number of halogens is 2. The highest BCUT2D eigenvalue weighted by atomic mass is 35.5. The largest absolute Gasteiger partial charge is 0.309 e. The second-order valence-electron chi connectivity index (χ2n) is 2.34. The van der Waals surface area contributed by atoms with E-state index in [1.54, 1.807) is 0 Å². The van der Waals surface area contributed by atoms with Crippen LogP contribution in [-0.2, 0) is 0 Å². The molecule has 8 heavy (non-hydrogen) atoms. The van der Waals surface area contributed by atoms with Crippen molar-refractivity contribution in [2.45, 2.75) is 19.4 Å². The number of rotatable bonds is 0. The number of alkyl halides is 2. The first-order valence-corrected chi connectivity index (χ1v) is 3.56. The van der Waals surface area contributed by atoms with E-state index in [0.29, 0.717) is 5.54 Å². The van der Waals surface area contributed by atoms with E-state index in [9.17, 15) is 0 Å². The van der Waals surface area contributed by atoms with Gasteiger partial charge < -0.3 is 5.32 Å². The first kappa shape index (κ1) is 8.54. The number of hydrogen-bond donors (Lipinski definition) is 1. The minimum absolute atomic E-state index is 0.194. The number of nitrogens with one attached hydrogen (secondary N) is 1. The normalized spacial score (nSPS) is 21.0. The summed E-state index contributed by atoms with van der Waals surface area (Å²) < 4.78 is 0. The van der Waals surface area contributed by atoms with Crippen LogP contribution in [0.15, 0.2) is 0 Å². The quantitative estimate of drug-likeness (QED) is 0.419. The van der Waals surface area contributed by atoms with Crippen molar-refractivity contribution in [1.29, 1.82) is 0 Å². The molecule has 0 spiro atoms. The van der Waals surface area contributed by atoms with Crippen molar-refractivity contribution in [3.63, 3.8) is 0 Å². The molecule has 0 bridgehead atoms. The molecule has 1 nitrogen and oxygen atoms in total. The topological polar surface area (TPSA) is 21.9 Å². The molecule has 1 rings (SSSR count). The summed E-state index contributed by atoms with van der Waals surface area (Å²) in [7, 11) is 0. The van der Waals surface area contributed by atoms with E-state index >= 15 is 0 Å². The van der Waals surface area contributed by atoms with Crippen LogP contribution in [0.25, 0.3) is 0 Å². The molecule has 0 unspecified atom stereocenters. The predicted molar refractivity (Wildman–Crippen MR) is 38.7 cm³/mol. The summed E-state index contributed by atoms with van der Waals surface area (Å²) in [5.41, 5.74) is 0.500. The van der Waals surface area contributed by atoms with Gasteiger partial charge in [0.1, 0.15) is 0 Å². The molecule has 0 aliphatic carbocycles. The highest BCUT2D eigenvalue weighted by Crippen LogP contribution is 2.11. The Morgan fingerprint density at radius 3 is 1.62 bits per heavy atom. The minimum atomic E-state index is 0.194. The molecule has 1 saturated heterocycles. The average molecular weight is 156 g/mol. The zero-order chi connectivity index (χ0) is 6.62. The van der Waals surface area contributed by atoms with Gasteiger partial charge in [0, 0.05) is 12.1 Å². The van der Waals surface area contributed by atoms with Gasteiger partial charge in [0.05, 0.1) is 5.34 Å². The van der Waals surface area contributed by atoms with E-state index in [-0.39, 0.29) is 5.34 Å². The van der Waals surface area contributed by atoms with E-state index in [1.807, 2.05) is 0 Å². The van der Waals surface area contributed by atoms with E-state index in [2.05, 4.69) is 19.2 Å². The van der Waals surface area contributed by atoms with Crippen LogP contribution in [0, 0.1) is 0 Å². The first-order chi connectivity index (χ1) is 3.62. The molecule has 0 radical (unpaired) electrons. The minimum Gasteiger partial charge on any atom is -0.309 e. The molecule has 1 heterocycles. The van der Waals surface area contributed by atoms with Crippen LogP contribution in [0.1, 0.15) is 13.8 Å². The van der Waals surface area contributed by atoms with Crippen LogP contribution in [-0.4, -0.2) is 17.4 Å². The Bertz CT molecular complexity index is 57.4. The van der Waals surface area contributed by atoms with Crippen LogP contribution < -0.4 is 5.32 Å². The van der Waals surface area contributed by atoms with Crippen molar-refractivity contribution < 1.29 is 0 Å². The third-order valence-electron chi connectivity index (χ3n) is 0.884. The van der Waals surface area contributed by atoms with Gasteiger partial charge in [-0.2, -0.15) is 0 Å². The molecule has 0 aromatic carbocycles. The van der Waals surface area contributed by atoms with Crippen molar-refractivity contribution in [1.82, 2.24) is 5.32 Å². The van der Waals surface area contributed by atoms with Crippen LogP contribution >= 0.6 is 23.2 Å². The molecule has 1 fully saturated rings. The molecule has 0 aromatic rings. The van der Waals surface area contributed by atoms with E-state index in [0.717, 1.165) is 0 Å². The lowest BCUT2D eigenvalue weighted by molar-refractivity contribution is 0.786. The van der Waals surface area contributed by atoms with Crippen LogP contribution in [0.3, 0.4) is 0 Å². The first-order valence-electron chi connectivity index (χ1n) is 2.49. The molecule has 1 aliphatic heterocycles. The zero-order valence-corrected chi connectivity index (χ0v) is 6.68. The van der Waals surface area contributed by atoms with Gasteiger partial charge in [-0.3, -0.25) is 0 Å². The molecule has 1 N–H and O–H groups in total. The van der Waals surface area contributed by atoms with Gasteiger partial charge in [-0.1, -0.05) is 0 Å². The second kappa shape index (κ2) is 3.54. The Balaban J connectivity index is 0.000000145. The maximum atomic E-state index is 4.76. The molecule has 0 saturated carbocycles. The van der Waals surface area contributed by atoms with Crippen LogP contribution in [0.2, 0.25) is 0 Å². The second-order valence-corrected chi connectivity index (χ2v) is 3.15. The highest BCUT2D eigenvalue weighted by molar-refractivity contribution is 6.40. The van der Waals surface area contributed by atoms with Gasteiger partial charge >= 0.3 is 0 Å². The third kappa shape index (κ3) is 6.54. The molecular formula is C5H11Cl2N. The van der Waals surface area contributed by atoms with Crippen LogP contribution in [0.5, 0.6) is 0 Å². The fourth-order valence-electron chi connectivity index (χ4n) is 0.177. The maximum Gasteiger partial charge on any atom is 0.0967 e. The van der Waals surface area contributed by atoms with Crippen molar-refractivity contribution in [2.75, 3.05) is 11.9 Å². The molecular weight excluding hydrogens is 145 g/mol. The molecule has 0 atom stereocenters. The lowest BCUT2D eigenvalue weighted by Crippen LogP contribution is -1.98. The Morgan fingerprint density at radius 2 is 1.62 bits per heavy atom. The van der Waals surface area contributed by atoms with Gasteiger partial charge in [0.15, 0.2) is 0 Å². The van der Waals surface area contributed by atoms with Crippen LogP contribution in [0.4, 0.5) is 0 Å². The van der Waals surface area contributed by atoms with Gasteiger partial charge in [0.25, 0.3) is 0 Å². The number of hydrogen-bond acceptors (Lipinski definition) is 1. The molecule has 0 aromatic heterocycles. The lowest BCUT2D eigenvalue weighted by atomic mass is 10.3. The Kier molecular flexibility index (Phi) is 3.78. The molecule has 3 heteroatoms. The summed E-state index contributed by atoms with van der Waals surface area (Å²) in [6.45, 7) is 5.58. The average Bonchev–Trinajstić information content (AvgIpc) is 2.22. The Morgan fingerprint density at radius 1 is 1.50 bits per heavy atom. The molecule has 1 aliphatic rings. The van der Waals surface area contributed by atoms with Crippen molar-refractivity contribution >= 4 is 23.2 Å². The highest BCUT2D eigenvalue weighted by Gasteiger charge is 2.29. The summed E-state index contributed by atoms with van der Waals surface area (Å²) >= 11 is 9.53. The SMILES string of the molecule is CC1(C)CN1.ClCCl. The smallest absolute Gasteiger partial charge is 0.0967 e. The summed E-state index contributed by atoms with van der Waals surface area (Å²) in [4.78, 5) is 0. The third-order valence-corrected chi connectivity index (χ3v) is 0.884. The van der Waals surface area contributed by atoms with E-state index in [4.69, 9.17) is 23.2 Å². The maximum absolute atomic E-state index is 4.76. The van der Waals surface area contributed by atoms with E-state index in [1.165, 1.54) is 6.54 Å². The Labute approximate surface area is 60.4 Å². The van der Waals surface area contributed by atoms with Crippen molar-refractivity contribution in [3.8, 4) is 0 Å². The van der Waals surface area contributed by atoms with E-state index < -0.39 is 0 Å². The van der Waals surface area contributed by atoms with Crippen molar-refractivity contribution in [2.24, 2.45) is 0 Å². The summed E-state index contributed by atoms with van der Waals surface area (Å²) in [6.07, 6.45) is 0. The molecule has 0 amide bonds. The predicted octanol–water partition coefficient (Wildman–Crippen LogP) is 1.79. The van der Waals surface area contributed by atoms with Gasteiger partial charge in [-0.25, -0.2) is 0 Å². The lowest BCUT2D eigenvalue weighted by Gasteiger charge is -1.84. The molecule has 50 valence electrons. The van der Waals surface area contributed by atoms with Gasteiger partial charge in [0.2, 0.25) is 0 Å². The summed E-state index contributed by atoms with van der Waals surface area (Å²) in [5, 5.41) is 3.37. The summed E-state index contributed by atoms with van der Waals surface area (Å²) in [6, 6.07) is 0. The van der Waals surface area contributed by atoms with Crippen molar-refractivity contribution in [3.05, 3.63) is 0 Å². The fraction of sp³-hybridized carbons (Fsp3) is 1.00. The van der Waals surface area contributed by atoms with Gasteiger partial charge in [-0.05, 0) is 13.8 Å². The summed E-state index contributed by atoms with van der Waals surface area (Å²) in [5.74, 6) is 0. The zero-order valence-electron chi connectivity index (χ0n) is 5.17. The van der Waals surface area contributed by atoms with Gasteiger partial charge in [-0.15, -0.1) is 23.2 Å².